The molecule has 3 fully saturated rings. The van der Waals surface area contributed by atoms with E-state index in [1.54, 1.807) is 0 Å². The Balaban J connectivity index is 2.04. The largest absolute Gasteiger partial charge is 0.297 e. The standard InChI is InChI=1S/C5H8O3/c1-3(2)5-6-4(7-5)8-5/h3-4H,1-2H3. The minimum absolute atomic E-state index is 0.299. The molecule has 3 aliphatic heterocycles. The molecular formula is C5H8O3. The normalized spacial score (nSPS) is 50.6. The number of hydrogen-bond donors (Lipinski definition) is 0. The van der Waals surface area contributed by atoms with Gasteiger partial charge in [-0.2, -0.15) is 0 Å². The van der Waals surface area contributed by atoms with E-state index in [2.05, 4.69) is 0 Å². The van der Waals surface area contributed by atoms with Gasteiger partial charge in [-0.25, -0.2) is 0 Å². The average molecular weight is 116 g/mol. The molecule has 0 amide bonds. The third-order valence-electron chi connectivity index (χ3n) is 1.49. The lowest BCUT2D eigenvalue weighted by Gasteiger charge is -2.59. The summed E-state index contributed by atoms with van der Waals surface area (Å²) in [6.07, 6.45) is 0. The second-order valence-electron chi connectivity index (χ2n) is 2.40. The highest BCUT2D eigenvalue weighted by molar-refractivity contribution is 4.77. The van der Waals surface area contributed by atoms with Crippen LogP contribution < -0.4 is 0 Å². The minimum atomic E-state index is -0.634. The van der Waals surface area contributed by atoms with Crippen LogP contribution in [0.25, 0.3) is 0 Å². The summed E-state index contributed by atoms with van der Waals surface area (Å²) in [5, 5.41) is 0. The summed E-state index contributed by atoms with van der Waals surface area (Å²) >= 11 is 0. The first-order valence-corrected chi connectivity index (χ1v) is 2.76. The molecule has 3 heterocycles. The monoisotopic (exact) mass is 116 g/mol. The lowest BCUT2D eigenvalue weighted by atomic mass is 10.1. The van der Waals surface area contributed by atoms with E-state index < -0.39 is 5.97 Å². The summed E-state index contributed by atoms with van der Waals surface area (Å²) in [5.41, 5.74) is 0. The van der Waals surface area contributed by atoms with E-state index in [1.807, 2.05) is 13.8 Å². The minimum Gasteiger partial charge on any atom is -0.271 e. The second-order valence-corrected chi connectivity index (χ2v) is 2.40. The van der Waals surface area contributed by atoms with Crippen molar-refractivity contribution in [1.82, 2.24) is 0 Å². The van der Waals surface area contributed by atoms with E-state index in [1.165, 1.54) is 0 Å². The third kappa shape index (κ3) is 0.321. The molecule has 8 heavy (non-hydrogen) atoms. The Morgan fingerprint density at radius 3 is 1.75 bits per heavy atom. The fourth-order valence-electron chi connectivity index (χ4n) is 0.837. The van der Waals surface area contributed by atoms with Crippen LogP contribution in [0.1, 0.15) is 13.8 Å². The molecule has 0 saturated carbocycles. The van der Waals surface area contributed by atoms with Gasteiger partial charge in [-0.3, -0.25) is 14.2 Å². The highest BCUT2D eigenvalue weighted by Crippen LogP contribution is 2.49. The van der Waals surface area contributed by atoms with E-state index in [4.69, 9.17) is 14.2 Å². The molecule has 46 valence electrons. The van der Waals surface area contributed by atoms with Gasteiger partial charge in [0.15, 0.2) is 0 Å². The predicted molar refractivity (Wildman–Crippen MR) is 24.6 cm³/mol. The molecule has 3 saturated heterocycles. The SMILES string of the molecule is CC(C)C12OC(O1)O2. The Hall–Kier alpha value is -0.120. The van der Waals surface area contributed by atoms with Crippen molar-refractivity contribution < 1.29 is 14.2 Å². The van der Waals surface area contributed by atoms with Crippen LogP contribution in [-0.4, -0.2) is 12.4 Å². The van der Waals surface area contributed by atoms with E-state index in [-0.39, 0.29) is 6.48 Å². The lowest BCUT2D eigenvalue weighted by molar-refractivity contribution is -0.746. The lowest BCUT2D eigenvalue weighted by Crippen LogP contribution is -2.73. The Morgan fingerprint density at radius 2 is 1.75 bits per heavy atom. The van der Waals surface area contributed by atoms with Crippen molar-refractivity contribution in [2.45, 2.75) is 26.3 Å². The van der Waals surface area contributed by atoms with Crippen molar-refractivity contribution in [1.29, 1.82) is 0 Å². The summed E-state index contributed by atoms with van der Waals surface area (Å²) in [4.78, 5) is 0. The van der Waals surface area contributed by atoms with Crippen LogP contribution in [0.3, 0.4) is 0 Å². The van der Waals surface area contributed by atoms with Gasteiger partial charge in [-0.1, -0.05) is 13.8 Å². The Bertz CT molecular complexity index is 104. The molecule has 0 spiro atoms. The third-order valence-corrected chi connectivity index (χ3v) is 1.49. The molecule has 3 nitrogen and oxygen atoms in total. The zero-order valence-corrected chi connectivity index (χ0v) is 4.88. The zero-order valence-electron chi connectivity index (χ0n) is 4.88. The highest BCUT2D eigenvalue weighted by Gasteiger charge is 2.65. The van der Waals surface area contributed by atoms with E-state index >= 15 is 0 Å². The Morgan fingerprint density at radius 1 is 1.25 bits per heavy atom. The van der Waals surface area contributed by atoms with Crippen LogP contribution in [-0.2, 0) is 14.2 Å². The first kappa shape index (κ1) is 4.73. The first-order valence-electron chi connectivity index (χ1n) is 2.76. The predicted octanol–water partition coefficient (Wildman–Crippen LogP) is 0.657. The van der Waals surface area contributed by atoms with Gasteiger partial charge < -0.3 is 0 Å². The number of ether oxygens (including phenoxy) is 3. The molecule has 0 aliphatic carbocycles. The maximum absolute atomic E-state index is 5.03. The molecule has 0 aromatic carbocycles. The van der Waals surface area contributed by atoms with Gasteiger partial charge in [0.1, 0.15) is 0 Å². The van der Waals surface area contributed by atoms with Crippen LogP contribution in [0.15, 0.2) is 0 Å². The summed E-state index contributed by atoms with van der Waals surface area (Å²) in [7, 11) is 0. The molecule has 3 aliphatic rings. The number of rotatable bonds is 1. The van der Waals surface area contributed by atoms with Gasteiger partial charge in [0, 0.05) is 5.92 Å². The van der Waals surface area contributed by atoms with Gasteiger partial charge in [-0.15, -0.1) is 0 Å². The summed E-state index contributed by atoms with van der Waals surface area (Å²) in [6, 6.07) is 0. The van der Waals surface area contributed by atoms with Crippen LogP contribution in [0.4, 0.5) is 0 Å². The molecular weight excluding hydrogens is 108 g/mol. The van der Waals surface area contributed by atoms with Crippen molar-refractivity contribution in [2.24, 2.45) is 5.92 Å². The van der Waals surface area contributed by atoms with Crippen LogP contribution in [0, 0.1) is 5.92 Å². The van der Waals surface area contributed by atoms with Crippen LogP contribution in [0.2, 0.25) is 0 Å². The van der Waals surface area contributed by atoms with Crippen LogP contribution in [0.5, 0.6) is 0 Å². The molecule has 0 atom stereocenters. The highest BCUT2D eigenvalue weighted by atomic mass is 17.2. The fourth-order valence-corrected chi connectivity index (χ4v) is 0.837. The van der Waals surface area contributed by atoms with Crippen molar-refractivity contribution in [3.63, 3.8) is 0 Å². The van der Waals surface area contributed by atoms with Crippen molar-refractivity contribution in [3.05, 3.63) is 0 Å². The second kappa shape index (κ2) is 1.07. The van der Waals surface area contributed by atoms with Crippen molar-refractivity contribution in [3.8, 4) is 0 Å². The molecule has 3 heteroatoms. The molecule has 0 unspecified atom stereocenters. The maximum Gasteiger partial charge on any atom is 0.297 e. The topological polar surface area (TPSA) is 27.7 Å². The first-order chi connectivity index (χ1) is 3.73. The molecule has 0 radical (unpaired) electrons. The van der Waals surface area contributed by atoms with Crippen molar-refractivity contribution >= 4 is 0 Å². The van der Waals surface area contributed by atoms with Crippen LogP contribution >= 0.6 is 0 Å². The van der Waals surface area contributed by atoms with E-state index in [0.29, 0.717) is 5.92 Å². The van der Waals surface area contributed by atoms with Gasteiger partial charge in [0.05, 0.1) is 0 Å². The van der Waals surface area contributed by atoms with E-state index in [9.17, 15) is 0 Å². The summed E-state index contributed by atoms with van der Waals surface area (Å²) in [5.74, 6) is -0.336. The van der Waals surface area contributed by atoms with Gasteiger partial charge >= 0.3 is 0 Å². The van der Waals surface area contributed by atoms with Crippen molar-refractivity contribution in [2.75, 3.05) is 0 Å². The van der Waals surface area contributed by atoms with E-state index in [0.717, 1.165) is 0 Å². The van der Waals surface area contributed by atoms with Gasteiger partial charge in [-0.05, 0) is 0 Å². The Labute approximate surface area is 47.5 Å². The smallest absolute Gasteiger partial charge is 0.271 e. The zero-order chi connectivity index (χ0) is 5.78. The molecule has 3 rings (SSSR count). The number of hydrogen-bond acceptors (Lipinski definition) is 3. The fraction of sp³-hybridized carbons (Fsp3) is 1.00. The maximum atomic E-state index is 5.03. The summed E-state index contributed by atoms with van der Waals surface area (Å²) < 4.78 is 15.1. The average Bonchev–Trinajstić information content (AvgIpc) is 1.16. The quantitative estimate of drug-likeness (QED) is 0.503. The van der Waals surface area contributed by atoms with Gasteiger partial charge in [0.25, 0.3) is 12.4 Å². The summed E-state index contributed by atoms with van der Waals surface area (Å²) in [6.45, 7) is 3.66. The molecule has 0 aromatic rings. The Kier molecular flexibility index (Phi) is 0.635. The molecule has 0 N–H and O–H groups in total. The molecule has 0 aromatic heterocycles. The van der Waals surface area contributed by atoms with Gasteiger partial charge in [0.2, 0.25) is 0 Å². The molecule has 2 bridgehead atoms.